The van der Waals surface area contributed by atoms with Gasteiger partial charge in [0.15, 0.2) is 0 Å². The minimum atomic E-state index is -1.10. The first-order valence-corrected chi connectivity index (χ1v) is 8.05. The molecule has 0 fully saturated rings. The number of aromatic nitrogens is 2. The minimum absolute atomic E-state index is 0.0480. The van der Waals surface area contributed by atoms with Gasteiger partial charge in [-0.15, -0.1) is 0 Å². The fourth-order valence-corrected chi connectivity index (χ4v) is 2.54. The average Bonchev–Trinajstić information content (AvgIpc) is 2.61. The fraction of sp³-hybridized carbons (Fsp3) is 0. The summed E-state index contributed by atoms with van der Waals surface area (Å²) < 4.78 is 0. The third-order valence-electron chi connectivity index (χ3n) is 3.52. The highest BCUT2D eigenvalue weighted by atomic mass is 35.5. The van der Waals surface area contributed by atoms with Crippen LogP contribution in [0.15, 0.2) is 54.6 Å². The molecule has 0 aliphatic heterocycles. The summed E-state index contributed by atoms with van der Waals surface area (Å²) in [6.07, 6.45) is 0. The number of nitrogens with zero attached hydrogens (tertiary/aromatic N) is 2. The van der Waals surface area contributed by atoms with Gasteiger partial charge in [0.1, 0.15) is 11.0 Å². The summed E-state index contributed by atoms with van der Waals surface area (Å²) in [4.78, 5) is 30.9. The smallest absolute Gasteiger partial charge is 0.337 e. The van der Waals surface area contributed by atoms with E-state index in [-0.39, 0.29) is 28.0 Å². The first-order chi connectivity index (χ1) is 12.9. The van der Waals surface area contributed by atoms with Gasteiger partial charge in [-0.1, -0.05) is 35.9 Å². The Hall–Kier alpha value is -3.65. The van der Waals surface area contributed by atoms with Gasteiger partial charge in [-0.2, -0.15) is 4.98 Å². The summed E-state index contributed by atoms with van der Waals surface area (Å²) in [6.45, 7) is 0. The number of aromatic carboxylic acids is 2. The standard InChI is InChI=1S/C18H13ClN4O4/c19-14-9-15(20-12-7-3-1-5-10(12)16(24)25)23-18(22-14)21-13-8-4-2-6-11(13)17(26)27/h1-9H,(H,24,25)(H,26,27)(H2,20,21,22,23). The fourth-order valence-electron chi connectivity index (χ4n) is 2.35. The molecule has 0 saturated heterocycles. The van der Waals surface area contributed by atoms with Crippen LogP contribution in [0.25, 0.3) is 0 Å². The van der Waals surface area contributed by atoms with Gasteiger partial charge in [-0.3, -0.25) is 0 Å². The lowest BCUT2D eigenvalue weighted by Crippen LogP contribution is -2.07. The van der Waals surface area contributed by atoms with Gasteiger partial charge in [0, 0.05) is 6.07 Å². The largest absolute Gasteiger partial charge is 0.478 e. The van der Waals surface area contributed by atoms with Crippen LogP contribution in [0.5, 0.6) is 0 Å². The van der Waals surface area contributed by atoms with Gasteiger partial charge in [0.2, 0.25) is 5.95 Å². The van der Waals surface area contributed by atoms with Crippen molar-refractivity contribution >= 4 is 46.7 Å². The number of halogens is 1. The molecule has 3 rings (SSSR count). The van der Waals surface area contributed by atoms with Crippen LogP contribution in [0.4, 0.5) is 23.1 Å². The predicted molar refractivity (Wildman–Crippen MR) is 100 cm³/mol. The molecule has 27 heavy (non-hydrogen) atoms. The Morgan fingerprint density at radius 2 is 1.33 bits per heavy atom. The number of carboxylic acids is 2. The molecule has 0 atom stereocenters. The highest BCUT2D eigenvalue weighted by molar-refractivity contribution is 6.29. The summed E-state index contributed by atoms with van der Waals surface area (Å²) in [5, 5.41) is 24.3. The van der Waals surface area contributed by atoms with Crippen LogP contribution >= 0.6 is 11.6 Å². The number of rotatable bonds is 6. The van der Waals surface area contributed by atoms with Crippen LogP contribution in [0.3, 0.4) is 0 Å². The lowest BCUT2D eigenvalue weighted by atomic mass is 10.2. The van der Waals surface area contributed by atoms with Crippen LogP contribution in [0, 0.1) is 0 Å². The van der Waals surface area contributed by atoms with Crippen molar-refractivity contribution in [3.63, 3.8) is 0 Å². The van der Waals surface area contributed by atoms with E-state index in [1.165, 1.54) is 18.2 Å². The van der Waals surface area contributed by atoms with Crippen LogP contribution < -0.4 is 10.6 Å². The molecule has 1 heterocycles. The van der Waals surface area contributed by atoms with Crippen molar-refractivity contribution in [2.24, 2.45) is 0 Å². The molecule has 4 N–H and O–H groups in total. The molecule has 0 aliphatic carbocycles. The van der Waals surface area contributed by atoms with E-state index in [1.54, 1.807) is 36.4 Å². The van der Waals surface area contributed by atoms with Crippen molar-refractivity contribution in [1.29, 1.82) is 0 Å². The molecule has 9 heteroatoms. The molecule has 0 amide bonds. The molecule has 3 aromatic rings. The van der Waals surface area contributed by atoms with Crippen molar-refractivity contribution in [2.75, 3.05) is 10.6 Å². The third-order valence-corrected chi connectivity index (χ3v) is 3.71. The highest BCUT2D eigenvalue weighted by Crippen LogP contribution is 2.24. The van der Waals surface area contributed by atoms with E-state index in [0.717, 1.165) is 0 Å². The zero-order valence-electron chi connectivity index (χ0n) is 13.7. The van der Waals surface area contributed by atoms with E-state index in [0.29, 0.717) is 11.4 Å². The molecule has 0 saturated carbocycles. The van der Waals surface area contributed by atoms with Crippen LogP contribution in [-0.4, -0.2) is 32.1 Å². The first-order valence-electron chi connectivity index (χ1n) is 7.67. The molecule has 0 aliphatic rings. The van der Waals surface area contributed by atoms with Crippen molar-refractivity contribution < 1.29 is 19.8 Å². The van der Waals surface area contributed by atoms with Gasteiger partial charge in [0.05, 0.1) is 22.5 Å². The number of benzene rings is 2. The zero-order chi connectivity index (χ0) is 19.4. The molecular weight excluding hydrogens is 372 g/mol. The van der Waals surface area contributed by atoms with Gasteiger partial charge >= 0.3 is 11.9 Å². The van der Waals surface area contributed by atoms with E-state index in [9.17, 15) is 19.8 Å². The summed E-state index contributed by atoms with van der Waals surface area (Å²) in [6, 6.07) is 14.0. The maximum atomic E-state index is 11.3. The van der Waals surface area contributed by atoms with Crippen LogP contribution in [-0.2, 0) is 0 Å². The highest BCUT2D eigenvalue weighted by Gasteiger charge is 2.13. The first kappa shape index (κ1) is 18.2. The summed E-state index contributed by atoms with van der Waals surface area (Å²) in [7, 11) is 0. The molecule has 0 unspecified atom stereocenters. The molecule has 2 aromatic carbocycles. The normalized spacial score (nSPS) is 10.3. The van der Waals surface area contributed by atoms with E-state index < -0.39 is 11.9 Å². The van der Waals surface area contributed by atoms with Crippen molar-refractivity contribution in [3.05, 3.63) is 70.9 Å². The van der Waals surface area contributed by atoms with Gasteiger partial charge in [-0.05, 0) is 24.3 Å². The van der Waals surface area contributed by atoms with Crippen LogP contribution in [0.1, 0.15) is 20.7 Å². The number of hydrogen-bond donors (Lipinski definition) is 4. The topological polar surface area (TPSA) is 124 Å². The van der Waals surface area contributed by atoms with Gasteiger partial charge in [0.25, 0.3) is 0 Å². The van der Waals surface area contributed by atoms with Crippen molar-refractivity contribution in [2.45, 2.75) is 0 Å². The molecule has 0 spiro atoms. The molecule has 8 nitrogen and oxygen atoms in total. The molecule has 136 valence electrons. The lowest BCUT2D eigenvalue weighted by Gasteiger charge is -2.12. The number of carbonyl (C=O) groups is 2. The van der Waals surface area contributed by atoms with Crippen molar-refractivity contribution in [3.8, 4) is 0 Å². The number of hydrogen-bond acceptors (Lipinski definition) is 6. The Balaban J connectivity index is 1.92. The monoisotopic (exact) mass is 384 g/mol. The number of anilines is 4. The Bertz CT molecular complexity index is 948. The Kier molecular flexibility index (Phi) is 5.18. The van der Waals surface area contributed by atoms with Crippen molar-refractivity contribution in [1.82, 2.24) is 9.97 Å². The van der Waals surface area contributed by atoms with E-state index in [1.807, 2.05) is 0 Å². The van der Waals surface area contributed by atoms with Crippen LogP contribution in [0.2, 0.25) is 5.15 Å². The number of carboxylic acid groups (broad SMARTS) is 2. The molecule has 0 radical (unpaired) electrons. The second-order valence-corrected chi connectivity index (χ2v) is 5.74. The lowest BCUT2D eigenvalue weighted by molar-refractivity contribution is 0.0687. The predicted octanol–water partition coefficient (Wildman–Crippen LogP) is 4.01. The molecule has 0 bridgehead atoms. The van der Waals surface area contributed by atoms with E-state index in [4.69, 9.17) is 11.6 Å². The zero-order valence-corrected chi connectivity index (χ0v) is 14.4. The summed E-state index contributed by atoms with van der Waals surface area (Å²) in [5.41, 5.74) is 0.741. The second kappa shape index (κ2) is 7.71. The van der Waals surface area contributed by atoms with E-state index >= 15 is 0 Å². The SMILES string of the molecule is O=C(O)c1ccccc1Nc1cc(Cl)nc(Nc2ccccc2C(=O)O)n1. The maximum Gasteiger partial charge on any atom is 0.337 e. The second-order valence-electron chi connectivity index (χ2n) is 5.35. The summed E-state index contributed by atoms with van der Waals surface area (Å²) in [5.74, 6) is -1.88. The number of para-hydroxylation sites is 2. The summed E-state index contributed by atoms with van der Waals surface area (Å²) >= 11 is 6.02. The van der Waals surface area contributed by atoms with Gasteiger partial charge in [-0.25, -0.2) is 14.6 Å². The average molecular weight is 385 g/mol. The quantitative estimate of drug-likeness (QED) is 0.470. The third kappa shape index (κ3) is 4.31. The minimum Gasteiger partial charge on any atom is -0.478 e. The Morgan fingerprint density at radius 3 is 1.89 bits per heavy atom. The molecular formula is C18H13ClN4O4. The maximum absolute atomic E-state index is 11.3. The van der Waals surface area contributed by atoms with Gasteiger partial charge < -0.3 is 20.8 Å². The Labute approximate surface area is 158 Å². The molecule has 1 aromatic heterocycles. The number of nitrogens with one attached hydrogen (secondary N) is 2. The van der Waals surface area contributed by atoms with E-state index in [2.05, 4.69) is 20.6 Å². The Morgan fingerprint density at radius 1 is 0.815 bits per heavy atom.